The number of hydrogen-bond donors (Lipinski definition) is 0. The van der Waals surface area contributed by atoms with Gasteiger partial charge in [0, 0.05) is 23.2 Å². The van der Waals surface area contributed by atoms with Gasteiger partial charge in [-0.05, 0) is 30.3 Å². The van der Waals surface area contributed by atoms with Gasteiger partial charge >= 0.3 is 6.43 Å². The van der Waals surface area contributed by atoms with Crippen molar-refractivity contribution in [2.45, 2.75) is 26.3 Å². The molecule has 1 amide bonds. The van der Waals surface area contributed by atoms with Crippen molar-refractivity contribution in [3.8, 4) is 11.5 Å². The summed E-state index contributed by atoms with van der Waals surface area (Å²) in [5.41, 5.74) is 0.568. The number of halogens is 5. The Morgan fingerprint density at radius 3 is 2.48 bits per heavy atom. The summed E-state index contributed by atoms with van der Waals surface area (Å²) in [6.07, 6.45) is -2.80. The third-order valence-electron chi connectivity index (χ3n) is 4.07. The lowest BCUT2D eigenvalue weighted by atomic mass is 10.1. The summed E-state index contributed by atoms with van der Waals surface area (Å²) < 4.78 is 58.0. The van der Waals surface area contributed by atoms with E-state index in [0.717, 1.165) is 12.1 Å². The number of rotatable bonds is 6. The van der Waals surface area contributed by atoms with Gasteiger partial charge in [0.25, 0.3) is 5.89 Å². The fraction of sp³-hybridized carbons (Fsp3) is 0.211. The molecule has 0 fully saturated rings. The van der Waals surface area contributed by atoms with Crippen LogP contribution in [0.1, 0.15) is 31.2 Å². The highest BCUT2D eigenvalue weighted by molar-refractivity contribution is 6.31. The maximum Gasteiger partial charge on any atom is 0.314 e. The summed E-state index contributed by atoms with van der Waals surface area (Å²) in [6.45, 7) is 1.49. The van der Waals surface area contributed by atoms with E-state index in [1.54, 1.807) is 6.92 Å². The van der Waals surface area contributed by atoms with Crippen molar-refractivity contribution in [2.24, 2.45) is 0 Å². The number of nitrogens with zero attached hydrogens (tertiary/aromatic N) is 3. The molecule has 0 aliphatic rings. The summed E-state index contributed by atoms with van der Waals surface area (Å²) in [4.78, 5) is 13.6. The highest BCUT2D eigenvalue weighted by Crippen LogP contribution is 2.28. The van der Waals surface area contributed by atoms with Gasteiger partial charge < -0.3 is 9.32 Å². The number of hydrogen-bond acceptors (Lipinski definition) is 4. The van der Waals surface area contributed by atoms with Gasteiger partial charge in [-0.1, -0.05) is 24.6 Å². The molecule has 0 saturated carbocycles. The van der Waals surface area contributed by atoms with E-state index in [1.807, 2.05) is 0 Å². The zero-order valence-corrected chi connectivity index (χ0v) is 15.8. The van der Waals surface area contributed by atoms with E-state index in [9.17, 15) is 22.4 Å². The lowest BCUT2D eigenvalue weighted by Crippen LogP contribution is -2.30. The van der Waals surface area contributed by atoms with Crippen LogP contribution in [-0.4, -0.2) is 16.1 Å². The van der Waals surface area contributed by atoms with Crippen LogP contribution in [0.3, 0.4) is 0 Å². The average Bonchev–Trinajstić information content (AvgIpc) is 3.19. The molecular formula is C19H14ClF4N3O2. The molecule has 0 spiro atoms. The Kier molecular flexibility index (Phi) is 6.17. The van der Waals surface area contributed by atoms with Crippen molar-refractivity contribution >= 4 is 23.2 Å². The van der Waals surface area contributed by atoms with Crippen molar-refractivity contribution in [1.82, 2.24) is 10.2 Å². The number of amides is 1. The van der Waals surface area contributed by atoms with Crippen LogP contribution in [0.4, 0.5) is 23.2 Å². The fourth-order valence-electron chi connectivity index (χ4n) is 2.59. The molecule has 2 aromatic carbocycles. The van der Waals surface area contributed by atoms with E-state index in [4.69, 9.17) is 16.0 Å². The molecule has 0 aliphatic carbocycles. The SMILES string of the molecule is CCC(=O)N(Cc1ccc(-c2nnc(C(F)F)o2)cc1F)c1ccc(F)c(Cl)c1. The second-order valence-corrected chi connectivity index (χ2v) is 6.39. The molecule has 0 unspecified atom stereocenters. The summed E-state index contributed by atoms with van der Waals surface area (Å²) in [5, 5.41) is 6.50. The normalized spacial score (nSPS) is 11.1. The molecule has 10 heteroatoms. The zero-order valence-electron chi connectivity index (χ0n) is 15.0. The maximum absolute atomic E-state index is 14.6. The van der Waals surface area contributed by atoms with E-state index in [0.29, 0.717) is 5.69 Å². The maximum atomic E-state index is 14.6. The first kappa shape index (κ1) is 20.8. The molecule has 0 aliphatic heterocycles. The molecule has 0 saturated heterocycles. The van der Waals surface area contributed by atoms with Crippen molar-refractivity contribution in [1.29, 1.82) is 0 Å². The first-order chi connectivity index (χ1) is 13.8. The predicted octanol–water partition coefficient (Wildman–Crippen LogP) is 5.55. The van der Waals surface area contributed by atoms with Gasteiger partial charge in [-0.3, -0.25) is 4.79 Å². The van der Waals surface area contributed by atoms with Crippen molar-refractivity contribution in [3.63, 3.8) is 0 Å². The molecule has 152 valence electrons. The number of benzene rings is 2. The minimum atomic E-state index is -2.93. The van der Waals surface area contributed by atoms with Crippen molar-refractivity contribution in [3.05, 3.63) is 64.5 Å². The van der Waals surface area contributed by atoms with Gasteiger partial charge in [0.15, 0.2) is 0 Å². The Hall–Kier alpha value is -2.94. The van der Waals surface area contributed by atoms with Crippen LogP contribution in [-0.2, 0) is 11.3 Å². The van der Waals surface area contributed by atoms with E-state index < -0.39 is 24.0 Å². The number of alkyl halides is 2. The van der Waals surface area contributed by atoms with E-state index in [2.05, 4.69) is 10.2 Å². The Labute approximate surface area is 167 Å². The standard InChI is InChI=1S/C19H14ClF4N3O2/c1-2-16(28)27(12-5-6-14(21)13(20)8-12)9-11-4-3-10(7-15(11)22)18-25-26-19(29-18)17(23)24/h3-8,17H,2,9H2,1H3. The van der Waals surface area contributed by atoms with Gasteiger partial charge in [0.2, 0.25) is 11.8 Å². The zero-order chi connectivity index (χ0) is 21.1. The van der Waals surface area contributed by atoms with Crippen LogP contribution < -0.4 is 4.90 Å². The number of carbonyl (C=O) groups excluding carboxylic acids is 1. The lowest BCUT2D eigenvalue weighted by molar-refractivity contribution is -0.118. The molecular weight excluding hydrogens is 414 g/mol. The minimum absolute atomic E-state index is 0.115. The Balaban J connectivity index is 1.89. The summed E-state index contributed by atoms with van der Waals surface area (Å²) in [7, 11) is 0. The molecule has 0 N–H and O–H groups in total. The topological polar surface area (TPSA) is 59.2 Å². The third kappa shape index (κ3) is 4.56. The Bertz CT molecular complexity index is 1040. The smallest absolute Gasteiger partial charge is 0.314 e. The molecule has 0 radical (unpaired) electrons. The Morgan fingerprint density at radius 1 is 1.14 bits per heavy atom. The first-order valence-corrected chi connectivity index (χ1v) is 8.83. The van der Waals surface area contributed by atoms with Crippen LogP contribution in [0.15, 0.2) is 40.8 Å². The highest BCUT2D eigenvalue weighted by Gasteiger charge is 2.20. The second-order valence-electron chi connectivity index (χ2n) is 5.98. The number of aromatic nitrogens is 2. The van der Waals surface area contributed by atoms with Crippen molar-refractivity contribution in [2.75, 3.05) is 4.90 Å². The third-order valence-corrected chi connectivity index (χ3v) is 4.36. The lowest BCUT2D eigenvalue weighted by Gasteiger charge is -2.23. The predicted molar refractivity (Wildman–Crippen MR) is 97.5 cm³/mol. The van der Waals surface area contributed by atoms with Crippen molar-refractivity contribution < 1.29 is 26.8 Å². The molecule has 0 atom stereocenters. The monoisotopic (exact) mass is 427 g/mol. The van der Waals surface area contributed by atoms with Gasteiger partial charge in [-0.15, -0.1) is 10.2 Å². The quantitative estimate of drug-likeness (QED) is 0.484. The number of carbonyl (C=O) groups is 1. The van der Waals surface area contributed by atoms with Gasteiger partial charge in [0.05, 0.1) is 11.6 Å². The van der Waals surface area contributed by atoms with Crippen LogP contribution in [0.5, 0.6) is 0 Å². The average molecular weight is 428 g/mol. The van der Waals surface area contributed by atoms with E-state index in [-0.39, 0.29) is 40.9 Å². The first-order valence-electron chi connectivity index (χ1n) is 8.46. The number of anilines is 1. The van der Waals surface area contributed by atoms with Crippen LogP contribution >= 0.6 is 11.6 Å². The molecule has 5 nitrogen and oxygen atoms in total. The van der Waals surface area contributed by atoms with E-state index in [1.165, 1.54) is 29.2 Å². The second kappa shape index (κ2) is 8.60. The molecule has 0 bridgehead atoms. The van der Waals surface area contributed by atoms with Gasteiger partial charge in [0.1, 0.15) is 11.6 Å². The largest absolute Gasteiger partial charge is 0.415 e. The molecule has 3 aromatic rings. The van der Waals surface area contributed by atoms with Crippen LogP contribution in [0.25, 0.3) is 11.5 Å². The van der Waals surface area contributed by atoms with Gasteiger partial charge in [-0.25, -0.2) is 8.78 Å². The van der Waals surface area contributed by atoms with E-state index >= 15 is 0 Å². The molecule has 1 heterocycles. The van der Waals surface area contributed by atoms with Crippen LogP contribution in [0.2, 0.25) is 5.02 Å². The summed E-state index contributed by atoms with van der Waals surface area (Å²) >= 11 is 5.79. The molecule has 1 aromatic heterocycles. The fourth-order valence-corrected chi connectivity index (χ4v) is 2.76. The van der Waals surface area contributed by atoms with Gasteiger partial charge in [-0.2, -0.15) is 8.78 Å². The highest BCUT2D eigenvalue weighted by atomic mass is 35.5. The molecule has 3 rings (SSSR count). The molecule has 29 heavy (non-hydrogen) atoms. The Morgan fingerprint density at radius 2 is 1.90 bits per heavy atom. The summed E-state index contributed by atoms with van der Waals surface area (Å²) in [5.74, 6) is -2.79. The van der Waals surface area contributed by atoms with Crippen LogP contribution in [0, 0.1) is 11.6 Å². The minimum Gasteiger partial charge on any atom is -0.415 e. The summed E-state index contributed by atoms with van der Waals surface area (Å²) in [6, 6.07) is 7.59.